The van der Waals surface area contributed by atoms with Crippen molar-refractivity contribution in [3.8, 4) is 0 Å². The van der Waals surface area contributed by atoms with E-state index in [2.05, 4.69) is 0 Å². The van der Waals surface area contributed by atoms with Crippen LogP contribution in [0, 0.1) is 12.8 Å². The zero-order chi connectivity index (χ0) is 22.9. The van der Waals surface area contributed by atoms with Gasteiger partial charge in [-0.1, -0.05) is 48.0 Å². The van der Waals surface area contributed by atoms with Gasteiger partial charge in [0.2, 0.25) is 7.37 Å². The molecule has 9 heteroatoms. The van der Waals surface area contributed by atoms with Crippen molar-refractivity contribution in [1.29, 1.82) is 0 Å². The van der Waals surface area contributed by atoms with E-state index >= 15 is 0 Å². The van der Waals surface area contributed by atoms with E-state index in [9.17, 15) is 17.8 Å². The van der Waals surface area contributed by atoms with Gasteiger partial charge in [-0.25, -0.2) is 0 Å². The summed E-state index contributed by atoms with van der Waals surface area (Å²) in [6.45, 7) is 5.45. The first-order valence-electron chi connectivity index (χ1n) is 10.1. The maximum absolute atomic E-state index is 13.4. The molecule has 0 bridgehead atoms. The summed E-state index contributed by atoms with van der Waals surface area (Å²) < 4.78 is 54.2. The van der Waals surface area contributed by atoms with E-state index in [0.717, 1.165) is 11.1 Å². The molecule has 2 unspecified atom stereocenters. The number of ether oxygens (including phenoxy) is 1. The Morgan fingerprint density at radius 1 is 1.00 bits per heavy atom. The summed E-state index contributed by atoms with van der Waals surface area (Å²) in [5.41, 5.74) is 1.77. The third kappa shape index (κ3) is 7.89. The summed E-state index contributed by atoms with van der Waals surface area (Å²) in [5.74, 6) is -1.27. The highest BCUT2D eigenvalue weighted by molar-refractivity contribution is 7.87. The highest BCUT2D eigenvalue weighted by Crippen LogP contribution is 2.49. The fourth-order valence-corrected chi connectivity index (χ4v) is 6.53. The van der Waals surface area contributed by atoms with Crippen molar-refractivity contribution in [3.05, 3.63) is 65.7 Å². The third-order valence-corrected chi connectivity index (χ3v) is 8.22. The van der Waals surface area contributed by atoms with Crippen LogP contribution in [0.1, 0.15) is 25.0 Å². The van der Waals surface area contributed by atoms with Gasteiger partial charge in [0.05, 0.1) is 24.0 Å². The maximum atomic E-state index is 13.4. The smallest absolute Gasteiger partial charge is 0.309 e. The minimum absolute atomic E-state index is 0.0348. The second-order valence-corrected chi connectivity index (χ2v) is 11.2. The molecule has 0 aliphatic heterocycles. The summed E-state index contributed by atoms with van der Waals surface area (Å²) in [6.07, 6.45) is -0.540. The molecule has 0 aromatic heterocycles. The minimum Gasteiger partial charge on any atom is -0.466 e. The van der Waals surface area contributed by atoms with E-state index in [1.54, 1.807) is 26.0 Å². The number of esters is 1. The van der Waals surface area contributed by atoms with Gasteiger partial charge in [-0.15, -0.1) is 0 Å². The normalized spacial score (nSPS) is 14.5. The Labute approximate surface area is 184 Å². The van der Waals surface area contributed by atoms with Crippen LogP contribution in [0.15, 0.2) is 59.5 Å². The number of benzene rings is 2. The average molecular weight is 469 g/mol. The molecule has 2 atom stereocenters. The number of rotatable bonds is 12. The zero-order valence-corrected chi connectivity index (χ0v) is 19.7. The lowest BCUT2D eigenvalue weighted by atomic mass is 10.0. The number of carbonyl (C=O) groups excluding carboxylic acids is 1. The van der Waals surface area contributed by atoms with Crippen LogP contribution < -0.4 is 0 Å². The van der Waals surface area contributed by atoms with Crippen LogP contribution in [-0.2, 0) is 39.3 Å². The Morgan fingerprint density at radius 2 is 1.65 bits per heavy atom. The molecule has 2 aromatic rings. The Bertz CT molecular complexity index is 988. The lowest BCUT2D eigenvalue weighted by molar-refractivity contribution is -0.147. The molecule has 0 aliphatic rings. The van der Waals surface area contributed by atoms with Crippen molar-refractivity contribution in [2.75, 3.05) is 25.7 Å². The van der Waals surface area contributed by atoms with Crippen molar-refractivity contribution in [2.24, 2.45) is 5.92 Å². The number of hydrogen-bond donors (Lipinski definition) is 0. The predicted octanol–water partition coefficient (Wildman–Crippen LogP) is 4.39. The van der Waals surface area contributed by atoms with Crippen LogP contribution in [0.2, 0.25) is 0 Å². The first-order chi connectivity index (χ1) is 14.7. The average Bonchev–Trinajstić information content (AvgIpc) is 2.73. The SMILES string of the molecule is CCOC(=O)C(Cc1ccccc1)CP(=O)(COS(=O)(=O)c1ccc(C)cc1)OCC. The molecule has 0 radical (unpaired) electrons. The van der Waals surface area contributed by atoms with Crippen molar-refractivity contribution in [3.63, 3.8) is 0 Å². The molecule has 0 amide bonds. The first kappa shape index (κ1) is 25.3. The molecule has 0 aliphatic carbocycles. The monoisotopic (exact) mass is 468 g/mol. The number of carbonyl (C=O) groups is 1. The molecule has 2 aromatic carbocycles. The molecule has 0 spiro atoms. The van der Waals surface area contributed by atoms with Crippen LogP contribution in [0.25, 0.3) is 0 Å². The van der Waals surface area contributed by atoms with E-state index < -0.39 is 35.7 Å². The van der Waals surface area contributed by atoms with Gasteiger partial charge in [-0.3, -0.25) is 13.5 Å². The van der Waals surface area contributed by atoms with Crippen molar-refractivity contribution in [2.45, 2.75) is 32.1 Å². The fraction of sp³-hybridized carbons (Fsp3) is 0.409. The van der Waals surface area contributed by atoms with Crippen LogP contribution in [0.5, 0.6) is 0 Å². The fourth-order valence-electron chi connectivity index (χ4n) is 3.02. The summed E-state index contributed by atoms with van der Waals surface area (Å²) in [5, 5.41) is 0. The minimum atomic E-state index is -4.12. The summed E-state index contributed by atoms with van der Waals surface area (Å²) in [6, 6.07) is 15.4. The van der Waals surface area contributed by atoms with E-state index in [0.29, 0.717) is 6.42 Å². The van der Waals surface area contributed by atoms with Gasteiger partial charge in [0.25, 0.3) is 10.1 Å². The standard InChI is InChI=1S/C22H29O7PS/c1-4-27-22(23)20(15-19-9-7-6-8-10-19)16-30(24,28-5-2)17-29-31(25,26)21-13-11-18(3)12-14-21/h6-14,20H,4-5,15-17H2,1-3H3. The van der Waals surface area contributed by atoms with Crippen molar-refractivity contribution in [1.82, 2.24) is 0 Å². The molecular weight excluding hydrogens is 439 g/mol. The van der Waals surface area contributed by atoms with Crippen LogP contribution in [0.3, 0.4) is 0 Å². The maximum Gasteiger partial charge on any atom is 0.309 e. The molecule has 0 saturated carbocycles. The molecule has 7 nitrogen and oxygen atoms in total. The van der Waals surface area contributed by atoms with Crippen molar-refractivity contribution < 1.29 is 31.2 Å². The summed E-state index contributed by atoms with van der Waals surface area (Å²) in [4.78, 5) is 12.5. The number of aryl methyl sites for hydroxylation is 1. The lowest BCUT2D eigenvalue weighted by Gasteiger charge is -2.23. The Hall–Kier alpha value is -1.99. The quantitative estimate of drug-likeness (QED) is 0.259. The molecule has 170 valence electrons. The van der Waals surface area contributed by atoms with Gasteiger partial charge in [-0.05, 0) is 44.9 Å². The highest BCUT2D eigenvalue weighted by Gasteiger charge is 2.34. The van der Waals surface area contributed by atoms with Crippen molar-refractivity contribution >= 4 is 23.5 Å². The van der Waals surface area contributed by atoms with E-state index in [1.165, 1.54) is 12.1 Å². The largest absolute Gasteiger partial charge is 0.466 e. The molecule has 31 heavy (non-hydrogen) atoms. The molecule has 2 rings (SSSR count). The van der Waals surface area contributed by atoms with E-state index in [1.807, 2.05) is 37.3 Å². The summed E-state index contributed by atoms with van der Waals surface area (Å²) in [7, 11) is -7.74. The molecular formula is C22H29O7PS. The van der Waals surface area contributed by atoms with Gasteiger partial charge in [0.1, 0.15) is 6.35 Å². The molecule has 0 N–H and O–H groups in total. The topological polar surface area (TPSA) is 96.0 Å². The highest BCUT2D eigenvalue weighted by atomic mass is 32.2. The second-order valence-electron chi connectivity index (χ2n) is 7.07. The van der Waals surface area contributed by atoms with E-state index in [4.69, 9.17) is 13.4 Å². The Morgan fingerprint density at radius 3 is 2.23 bits per heavy atom. The van der Waals surface area contributed by atoms with Gasteiger partial charge >= 0.3 is 5.97 Å². The van der Waals surface area contributed by atoms with Gasteiger partial charge in [0, 0.05) is 6.16 Å². The van der Waals surface area contributed by atoms with E-state index in [-0.39, 0.29) is 24.3 Å². The Balaban J connectivity index is 2.20. The van der Waals surface area contributed by atoms with Crippen LogP contribution in [-0.4, -0.2) is 40.1 Å². The first-order valence-corrected chi connectivity index (χ1v) is 13.5. The molecule has 0 fully saturated rings. The predicted molar refractivity (Wildman–Crippen MR) is 119 cm³/mol. The second kappa shape index (κ2) is 11.6. The van der Waals surface area contributed by atoms with Crippen LogP contribution in [0.4, 0.5) is 0 Å². The zero-order valence-electron chi connectivity index (χ0n) is 18.0. The number of hydrogen-bond acceptors (Lipinski definition) is 7. The molecule has 0 heterocycles. The summed E-state index contributed by atoms with van der Waals surface area (Å²) >= 11 is 0. The lowest BCUT2D eigenvalue weighted by Crippen LogP contribution is -2.25. The van der Waals surface area contributed by atoms with Gasteiger partial charge in [-0.2, -0.15) is 8.42 Å². The Kier molecular flexibility index (Phi) is 9.44. The van der Waals surface area contributed by atoms with Gasteiger partial charge < -0.3 is 9.26 Å². The van der Waals surface area contributed by atoms with Gasteiger partial charge in [0.15, 0.2) is 0 Å². The third-order valence-electron chi connectivity index (χ3n) is 4.52. The van der Waals surface area contributed by atoms with Crippen LogP contribution >= 0.6 is 7.37 Å². The molecule has 0 saturated heterocycles.